The van der Waals surface area contributed by atoms with E-state index in [2.05, 4.69) is 19.1 Å². The van der Waals surface area contributed by atoms with E-state index in [1.807, 2.05) is 18.2 Å². The zero-order valence-electron chi connectivity index (χ0n) is 12.0. The molecule has 0 aromatic heterocycles. The van der Waals surface area contributed by atoms with Crippen LogP contribution in [0.3, 0.4) is 0 Å². The molecule has 1 heterocycles. The number of amides is 2. The van der Waals surface area contributed by atoms with E-state index in [0.29, 0.717) is 17.7 Å². The van der Waals surface area contributed by atoms with Gasteiger partial charge in [0.25, 0.3) is 11.8 Å². The Kier molecular flexibility index (Phi) is 3.57. The normalized spacial score (nSPS) is 15.2. The molecule has 21 heavy (non-hydrogen) atoms. The summed E-state index contributed by atoms with van der Waals surface area (Å²) < 4.78 is 0. The molecule has 0 bridgehead atoms. The van der Waals surface area contributed by atoms with Crippen molar-refractivity contribution in [3.63, 3.8) is 0 Å². The van der Waals surface area contributed by atoms with E-state index in [0.717, 1.165) is 6.42 Å². The second-order valence-electron chi connectivity index (χ2n) is 5.56. The first-order chi connectivity index (χ1) is 10.2. The first-order valence-electron chi connectivity index (χ1n) is 7.16. The smallest absolute Gasteiger partial charge is 0.261 e. The van der Waals surface area contributed by atoms with Crippen LogP contribution in [0.4, 0.5) is 0 Å². The van der Waals surface area contributed by atoms with Gasteiger partial charge in [-0.2, -0.15) is 0 Å². The fourth-order valence-electron chi connectivity index (χ4n) is 2.80. The van der Waals surface area contributed by atoms with Gasteiger partial charge < -0.3 is 0 Å². The van der Waals surface area contributed by atoms with Crippen molar-refractivity contribution in [3.05, 3.63) is 71.3 Å². The highest BCUT2D eigenvalue weighted by Crippen LogP contribution is 2.24. The number of carbonyl (C=O) groups excluding carboxylic acids is 2. The largest absolute Gasteiger partial charge is 0.274 e. The van der Waals surface area contributed by atoms with Gasteiger partial charge in [-0.05, 0) is 30.0 Å². The summed E-state index contributed by atoms with van der Waals surface area (Å²) in [6.07, 6.45) is 0.855. The lowest BCUT2D eigenvalue weighted by Gasteiger charge is -2.19. The molecule has 0 saturated carbocycles. The highest BCUT2D eigenvalue weighted by molar-refractivity contribution is 6.21. The van der Waals surface area contributed by atoms with Crippen molar-refractivity contribution < 1.29 is 9.59 Å². The van der Waals surface area contributed by atoms with Gasteiger partial charge in [0.15, 0.2) is 0 Å². The zero-order valence-corrected chi connectivity index (χ0v) is 12.0. The number of benzene rings is 2. The Morgan fingerprint density at radius 1 is 0.857 bits per heavy atom. The lowest BCUT2D eigenvalue weighted by molar-refractivity contribution is 0.0632. The lowest BCUT2D eigenvalue weighted by Crippen LogP contribution is -2.34. The fraction of sp³-hybridized carbons (Fsp3) is 0.222. The van der Waals surface area contributed by atoms with Crippen LogP contribution in [0.1, 0.15) is 33.2 Å². The maximum Gasteiger partial charge on any atom is 0.261 e. The molecule has 106 valence electrons. The topological polar surface area (TPSA) is 37.4 Å². The van der Waals surface area contributed by atoms with E-state index in [4.69, 9.17) is 0 Å². The summed E-state index contributed by atoms with van der Waals surface area (Å²) in [7, 11) is 0. The van der Waals surface area contributed by atoms with Crippen molar-refractivity contribution >= 4 is 11.8 Å². The molecule has 3 nitrogen and oxygen atoms in total. The molecule has 0 radical (unpaired) electrons. The summed E-state index contributed by atoms with van der Waals surface area (Å²) in [5, 5.41) is 0. The van der Waals surface area contributed by atoms with Gasteiger partial charge in [-0.15, -0.1) is 0 Å². The molecule has 0 spiro atoms. The molecule has 3 heteroatoms. The molecule has 0 unspecified atom stereocenters. The molecule has 1 aliphatic heterocycles. The van der Waals surface area contributed by atoms with Crippen molar-refractivity contribution in [1.29, 1.82) is 0 Å². The fourth-order valence-corrected chi connectivity index (χ4v) is 2.80. The molecule has 0 saturated heterocycles. The minimum absolute atomic E-state index is 0.171. The third kappa shape index (κ3) is 2.59. The van der Waals surface area contributed by atoms with Crippen LogP contribution in [-0.2, 0) is 6.42 Å². The summed E-state index contributed by atoms with van der Waals surface area (Å²) in [5.41, 5.74) is 2.27. The first-order valence-corrected chi connectivity index (χ1v) is 7.16. The molecule has 0 aliphatic carbocycles. The predicted molar refractivity (Wildman–Crippen MR) is 81.1 cm³/mol. The first kappa shape index (κ1) is 13.6. The van der Waals surface area contributed by atoms with Gasteiger partial charge in [-0.3, -0.25) is 14.5 Å². The quantitative estimate of drug-likeness (QED) is 0.806. The minimum atomic E-state index is -0.171. The molecular formula is C18H17NO2. The molecule has 0 N–H and O–H groups in total. The van der Waals surface area contributed by atoms with Gasteiger partial charge in [-0.1, -0.05) is 49.4 Å². The summed E-state index contributed by atoms with van der Waals surface area (Å²) >= 11 is 0. The van der Waals surface area contributed by atoms with E-state index < -0.39 is 0 Å². The van der Waals surface area contributed by atoms with Crippen LogP contribution in [0.2, 0.25) is 0 Å². The standard InChI is InChI=1S/C18H17NO2/c1-13(11-14-7-3-2-4-8-14)12-19-17(20)15-9-5-6-10-16(15)18(19)21/h2-10,13H,11-12H2,1H3/t13-/m0/s1. The second kappa shape index (κ2) is 5.52. The van der Waals surface area contributed by atoms with Crippen LogP contribution in [0.5, 0.6) is 0 Å². The number of rotatable bonds is 4. The highest BCUT2D eigenvalue weighted by Gasteiger charge is 2.35. The lowest BCUT2D eigenvalue weighted by atomic mass is 10.0. The summed E-state index contributed by atoms with van der Waals surface area (Å²) in [6, 6.07) is 17.2. The van der Waals surface area contributed by atoms with Crippen molar-refractivity contribution in [2.24, 2.45) is 5.92 Å². The van der Waals surface area contributed by atoms with Crippen LogP contribution in [-0.4, -0.2) is 23.3 Å². The van der Waals surface area contributed by atoms with Crippen molar-refractivity contribution in [2.75, 3.05) is 6.54 Å². The van der Waals surface area contributed by atoms with Crippen LogP contribution < -0.4 is 0 Å². The van der Waals surface area contributed by atoms with Crippen LogP contribution >= 0.6 is 0 Å². The van der Waals surface area contributed by atoms with E-state index in [1.54, 1.807) is 24.3 Å². The number of hydrogen-bond acceptors (Lipinski definition) is 2. The van der Waals surface area contributed by atoms with Gasteiger partial charge in [0.2, 0.25) is 0 Å². The van der Waals surface area contributed by atoms with Crippen LogP contribution in [0.15, 0.2) is 54.6 Å². The number of carbonyl (C=O) groups is 2. The van der Waals surface area contributed by atoms with Gasteiger partial charge in [0.1, 0.15) is 0 Å². The summed E-state index contributed by atoms with van der Waals surface area (Å²) in [6.45, 7) is 2.53. The SMILES string of the molecule is C[C@@H](Cc1ccccc1)CN1C(=O)c2ccccc2C1=O. The van der Waals surface area contributed by atoms with Gasteiger partial charge in [0, 0.05) is 6.54 Å². The van der Waals surface area contributed by atoms with Crippen LogP contribution in [0, 0.1) is 5.92 Å². The van der Waals surface area contributed by atoms with Gasteiger partial charge >= 0.3 is 0 Å². The molecule has 2 aromatic carbocycles. The molecule has 2 amide bonds. The van der Waals surface area contributed by atoms with Crippen molar-refractivity contribution in [1.82, 2.24) is 4.90 Å². The number of hydrogen-bond donors (Lipinski definition) is 0. The van der Waals surface area contributed by atoms with Crippen molar-refractivity contribution in [3.8, 4) is 0 Å². The molecule has 2 aromatic rings. The third-order valence-corrected chi connectivity index (χ3v) is 3.80. The average Bonchev–Trinajstić information content (AvgIpc) is 2.74. The number of imide groups is 1. The maximum atomic E-state index is 12.3. The average molecular weight is 279 g/mol. The Hall–Kier alpha value is -2.42. The minimum Gasteiger partial charge on any atom is -0.274 e. The predicted octanol–water partition coefficient (Wildman–Crippen LogP) is 3.16. The van der Waals surface area contributed by atoms with E-state index in [1.165, 1.54) is 10.5 Å². The Morgan fingerprint density at radius 2 is 1.38 bits per heavy atom. The zero-order chi connectivity index (χ0) is 14.8. The molecular weight excluding hydrogens is 262 g/mol. The number of fused-ring (bicyclic) bond motifs is 1. The third-order valence-electron chi connectivity index (χ3n) is 3.80. The summed E-state index contributed by atoms with van der Waals surface area (Å²) in [5.74, 6) is -0.111. The highest BCUT2D eigenvalue weighted by atomic mass is 16.2. The molecule has 1 aliphatic rings. The second-order valence-corrected chi connectivity index (χ2v) is 5.56. The number of nitrogens with zero attached hydrogens (tertiary/aromatic N) is 1. The summed E-state index contributed by atoms with van der Waals surface area (Å²) in [4.78, 5) is 26.0. The Morgan fingerprint density at radius 3 is 1.95 bits per heavy atom. The van der Waals surface area contributed by atoms with E-state index >= 15 is 0 Å². The van der Waals surface area contributed by atoms with Crippen LogP contribution in [0.25, 0.3) is 0 Å². The Balaban J connectivity index is 1.72. The van der Waals surface area contributed by atoms with Gasteiger partial charge in [0.05, 0.1) is 11.1 Å². The van der Waals surface area contributed by atoms with Gasteiger partial charge in [-0.25, -0.2) is 0 Å². The van der Waals surface area contributed by atoms with E-state index in [9.17, 15) is 9.59 Å². The Labute approximate surface area is 124 Å². The maximum absolute atomic E-state index is 12.3. The Bertz CT molecular complexity index is 644. The molecule has 0 fully saturated rings. The molecule has 1 atom stereocenters. The van der Waals surface area contributed by atoms with E-state index in [-0.39, 0.29) is 17.7 Å². The monoisotopic (exact) mass is 279 g/mol. The van der Waals surface area contributed by atoms with Crippen molar-refractivity contribution in [2.45, 2.75) is 13.3 Å². The molecule has 3 rings (SSSR count).